The van der Waals surface area contributed by atoms with Crippen molar-refractivity contribution < 1.29 is 22.8 Å². The molecule has 4 nitrogen and oxygen atoms in total. The Morgan fingerprint density at radius 2 is 1.86 bits per heavy atom. The Hall–Kier alpha value is -2.48. The molecule has 1 heterocycles. The lowest BCUT2D eigenvalue weighted by atomic mass is 9.97. The largest absolute Gasteiger partial charge is 0.416 e. The Kier molecular flexibility index (Phi) is 6.84. The second-order valence-corrected chi connectivity index (χ2v) is 7.90. The van der Waals surface area contributed by atoms with Crippen molar-refractivity contribution in [3.63, 3.8) is 0 Å². The van der Waals surface area contributed by atoms with E-state index in [1.807, 2.05) is 18.2 Å². The number of para-hydroxylation sites is 1. The van der Waals surface area contributed by atoms with E-state index >= 15 is 0 Å². The zero-order valence-corrected chi connectivity index (χ0v) is 16.4. The molecule has 1 unspecified atom stereocenters. The molecule has 29 heavy (non-hydrogen) atoms. The molecule has 1 N–H and O–H groups in total. The van der Waals surface area contributed by atoms with Gasteiger partial charge in [-0.2, -0.15) is 13.2 Å². The van der Waals surface area contributed by atoms with Crippen LogP contribution in [0.1, 0.15) is 18.4 Å². The maximum atomic E-state index is 12.8. The average molecular weight is 422 g/mol. The monoisotopic (exact) mass is 422 g/mol. The Morgan fingerprint density at radius 3 is 2.59 bits per heavy atom. The van der Waals surface area contributed by atoms with Gasteiger partial charge in [-0.1, -0.05) is 24.3 Å². The number of anilines is 1. The van der Waals surface area contributed by atoms with Gasteiger partial charge in [-0.05, 0) is 43.2 Å². The first-order valence-electron chi connectivity index (χ1n) is 9.26. The normalized spacial score (nSPS) is 17.1. The summed E-state index contributed by atoms with van der Waals surface area (Å²) in [7, 11) is 0. The van der Waals surface area contributed by atoms with Gasteiger partial charge in [0.1, 0.15) is 0 Å². The maximum Gasteiger partial charge on any atom is 0.416 e. The third-order valence-electron chi connectivity index (χ3n) is 4.71. The molecular formula is C21H21F3N2O2S. The quantitative estimate of drug-likeness (QED) is 0.712. The summed E-state index contributed by atoms with van der Waals surface area (Å²) in [5.74, 6) is -0.566. The van der Waals surface area contributed by atoms with Crippen molar-refractivity contribution in [3.05, 3.63) is 60.2 Å². The van der Waals surface area contributed by atoms with Crippen molar-refractivity contribution in [1.29, 1.82) is 0 Å². The van der Waals surface area contributed by atoms with E-state index in [-0.39, 0.29) is 23.5 Å². The number of halogens is 3. The first-order chi connectivity index (χ1) is 13.8. The van der Waals surface area contributed by atoms with Gasteiger partial charge in [0.25, 0.3) is 0 Å². The highest BCUT2D eigenvalue weighted by atomic mass is 32.2. The number of rotatable bonds is 5. The molecule has 1 saturated heterocycles. The number of amides is 2. The van der Waals surface area contributed by atoms with Crippen LogP contribution in [0.2, 0.25) is 0 Å². The van der Waals surface area contributed by atoms with Gasteiger partial charge in [-0.25, -0.2) is 0 Å². The minimum Gasteiger partial charge on any atom is -0.341 e. The lowest BCUT2D eigenvalue weighted by molar-refractivity contribution is -0.137. The Labute approximate surface area is 171 Å². The summed E-state index contributed by atoms with van der Waals surface area (Å²) in [5, 5.41) is 2.86. The summed E-state index contributed by atoms with van der Waals surface area (Å²) < 4.78 is 38.4. The Bertz CT molecular complexity index is 859. The van der Waals surface area contributed by atoms with E-state index in [9.17, 15) is 22.8 Å². The highest BCUT2D eigenvalue weighted by Crippen LogP contribution is 2.32. The van der Waals surface area contributed by atoms with Crippen molar-refractivity contribution in [2.24, 2.45) is 5.92 Å². The average Bonchev–Trinajstić information content (AvgIpc) is 2.72. The van der Waals surface area contributed by atoms with Gasteiger partial charge >= 0.3 is 6.18 Å². The molecule has 0 aliphatic carbocycles. The summed E-state index contributed by atoms with van der Waals surface area (Å²) in [6.07, 6.45) is -3.00. The smallest absolute Gasteiger partial charge is 0.341 e. The maximum absolute atomic E-state index is 12.8. The molecule has 2 amide bonds. The van der Waals surface area contributed by atoms with Gasteiger partial charge in [0.05, 0.1) is 17.2 Å². The third kappa shape index (κ3) is 6.00. The van der Waals surface area contributed by atoms with Crippen LogP contribution in [-0.4, -0.2) is 35.6 Å². The molecule has 154 valence electrons. The number of hydrogen-bond donors (Lipinski definition) is 1. The van der Waals surface area contributed by atoms with Crippen LogP contribution < -0.4 is 5.32 Å². The van der Waals surface area contributed by atoms with Crippen LogP contribution in [0.15, 0.2) is 59.5 Å². The number of thioether (sulfide) groups is 1. The van der Waals surface area contributed by atoms with Crippen molar-refractivity contribution in [1.82, 2.24) is 4.90 Å². The zero-order chi connectivity index (χ0) is 20.9. The van der Waals surface area contributed by atoms with Crippen molar-refractivity contribution in [2.45, 2.75) is 23.9 Å². The second-order valence-electron chi connectivity index (χ2n) is 6.85. The fourth-order valence-electron chi connectivity index (χ4n) is 3.18. The van der Waals surface area contributed by atoms with Crippen LogP contribution in [0, 0.1) is 5.92 Å². The van der Waals surface area contributed by atoms with E-state index < -0.39 is 11.7 Å². The van der Waals surface area contributed by atoms with E-state index in [1.54, 1.807) is 23.1 Å². The standard InChI is InChI=1S/C21H21F3N2O2S/c22-21(23,24)16-7-4-10-18(12-16)29-14-19(27)26-11-5-6-15(13-26)20(28)25-17-8-2-1-3-9-17/h1-4,7-10,12,15H,5-6,11,13-14H2,(H,25,28). The van der Waals surface area contributed by atoms with E-state index in [2.05, 4.69) is 5.32 Å². The molecule has 0 bridgehead atoms. The van der Waals surface area contributed by atoms with Gasteiger partial charge in [0, 0.05) is 23.7 Å². The molecule has 0 spiro atoms. The zero-order valence-electron chi connectivity index (χ0n) is 15.6. The van der Waals surface area contributed by atoms with Crippen molar-refractivity contribution in [2.75, 3.05) is 24.2 Å². The summed E-state index contributed by atoms with van der Waals surface area (Å²) >= 11 is 1.07. The number of likely N-dealkylation sites (tertiary alicyclic amines) is 1. The fourth-order valence-corrected chi connectivity index (χ4v) is 4.04. The number of hydrogen-bond acceptors (Lipinski definition) is 3. The van der Waals surface area contributed by atoms with Gasteiger partial charge < -0.3 is 10.2 Å². The number of benzene rings is 2. The summed E-state index contributed by atoms with van der Waals surface area (Å²) in [6, 6.07) is 14.1. The molecule has 0 radical (unpaired) electrons. The van der Waals surface area contributed by atoms with E-state index in [0.717, 1.165) is 23.9 Å². The molecule has 3 rings (SSSR count). The Balaban J connectivity index is 1.54. The van der Waals surface area contributed by atoms with E-state index in [0.29, 0.717) is 36.5 Å². The van der Waals surface area contributed by atoms with Crippen LogP contribution >= 0.6 is 11.8 Å². The van der Waals surface area contributed by atoms with Gasteiger partial charge in [0.15, 0.2) is 0 Å². The SMILES string of the molecule is O=C(Nc1ccccc1)C1CCCN(C(=O)CSc2cccc(C(F)(F)F)c2)C1. The topological polar surface area (TPSA) is 49.4 Å². The number of nitrogens with zero attached hydrogens (tertiary/aromatic N) is 1. The molecule has 8 heteroatoms. The van der Waals surface area contributed by atoms with Gasteiger partial charge in [-0.3, -0.25) is 9.59 Å². The van der Waals surface area contributed by atoms with Crippen molar-refractivity contribution >= 4 is 29.3 Å². The number of carbonyl (C=O) groups excluding carboxylic acids is 2. The summed E-state index contributed by atoms with van der Waals surface area (Å²) in [4.78, 5) is 27.0. The minimum absolute atomic E-state index is 0.0360. The minimum atomic E-state index is -4.41. The van der Waals surface area contributed by atoms with Crippen LogP contribution in [0.4, 0.5) is 18.9 Å². The molecule has 1 atom stereocenters. The number of carbonyl (C=O) groups is 2. The van der Waals surface area contributed by atoms with Crippen LogP contribution in [-0.2, 0) is 15.8 Å². The molecule has 0 aromatic heterocycles. The fraction of sp³-hybridized carbons (Fsp3) is 0.333. The molecule has 1 aliphatic heterocycles. The number of nitrogens with one attached hydrogen (secondary N) is 1. The third-order valence-corrected chi connectivity index (χ3v) is 5.69. The molecule has 2 aromatic rings. The van der Waals surface area contributed by atoms with E-state index in [1.165, 1.54) is 6.07 Å². The van der Waals surface area contributed by atoms with Crippen LogP contribution in [0.3, 0.4) is 0 Å². The Morgan fingerprint density at radius 1 is 1.10 bits per heavy atom. The van der Waals surface area contributed by atoms with Crippen LogP contribution in [0.5, 0.6) is 0 Å². The molecule has 1 fully saturated rings. The predicted octanol–water partition coefficient (Wildman–Crippen LogP) is 4.67. The molecule has 1 aliphatic rings. The second kappa shape index (κ2) is 9.35. The van der Waals surface area contributed by atoms with E-state index in [4.69, 9.17) is 0 Å². The van der Waals surface area contributed by atoms with Crippen LogP contribution in [0.25, 0.3) is 0 Å². The lowest BCUT2D eigenvalue weighted by Gasteiger charge is -2.32. The summed E-state index contributed by atoms with van der Waals surface area (Å²) in [6.45, 7) is 0.873. The summed E-state index contributed by atoms with van der Waals surface area (Å²) in [5.41, 5.74) is -0.0216. The highest BCUT2D eigenvalue weighted by molar-refractivity contribution is 8.00. The first kappa shape index (κ1) is 21.2. The lowest BCUT2D eigenvalue weighted by Crippen LogP contribution is -2.44. The van der Waals surface area contributed by atoms with Gasteiger partial charge in [0.2, 0.25) is 11.8 Å². The first-order valence-corrected chi connectivity index (χ1v) is 10.3. The predicted molar refractivity (Wildman–Crippen MR) is 107 cm³/mol. The van der Waals surface area contributed by atoms with Crippen molar-refractivity contribution in [3.8, 4) is 0 Å². The highest BCUT2D eigenvalue weighted by Gasteiger charge is 2.31. The van der Waals surface area contributed by atoms with Gasteiger partial charge in [-0.15, -0.1) is 11.8 Å². The molecule has 0 saturated carbocycles. The molecular weight excluding hydrogens is 401 g/mol. The number of alkyl halides is 3. The molecule has 2 aromatic carbocycles. The number of piperidine rings is 1.